The first-order valence-electron chi connectivity index (χ1n) is 4.98. The molecule has 2 aromatic heterocycles. The van der Waals surface area contributed by atoms with Crippen molar-refractivity contribution >= 4 is 28.8 Å². The van der Waals surface area contributed by atoms with Gasteiger partial charge >= 0.3 is 5.97 Å². The van der Waals surface area contributed by atoms with E-state index in [1.54, 1.807) is 4.57 Å². The van der Waals surface area contributed by atoms with Crippen LogP contribution in [0.4, 0.5) is 0 Å². The Bertz CT molecular complexity index is 675. The van der Waals surface area contributed by atoms with Crippen molar-refractivity contribution in [1.29, 1.82) is 0 Å². The Labute approximate surface area is 99.1 Å². The third kappa shape index (κ3) is 1.52. The molecular weight excluding hydrogens is 244 g/mol. The lowest BCUT2D eigenvalue weighted by atomic mass is 10.4. The van der Waals surface area contributed by atoms with E-state index in [9.17, 15) is 9.59 Å². The number of carboxylic acid groups (broad SMARTS) is 1. The van der Waals surface area contributed by atoms with Gasteiger partial charge in [-0.2, -0.15) is 5.10 Å². The highest BCUT2D eigenvalue weighted by Gasteiger charge is 2.19. The maximum absolute atomic E-state index is 12.0. The second-order valence-corrected chi connectivity index (χ2v) is 4.69. The number of carbonyl (C=O) groups is 1. The molecule has 0 saturated heterocycles. The molecule has 0 spiro atoms. The number of aliphatic carboxylic acids is 1. The van der Waals surface area contributed by atoms with Gasteiger partial charge in [-0.15, -0.1) is 0 Å². The van der Waals surface area contributed by atoms with E-state index in [2.05, 4.69) is 10.1 Å². The van der Waals surface area contributed by atoms with E-state index in [0.717, 1.165) is 5.75 Å². The Hall–Kier alpha value is -1.83. The van der Waals surface area contributed by atoms with E-state index in [0.29, 0.717) is 22.7 Å². The molecule has 88 valence electrons. The SMILES string of the molecule is O=C(O)Cn1ncc2c(=O)n3c(nc21)SCC3. The Balaban J connectivity index is 2.27. The summed E-state index contributed by atoms with van der Waals surface area (Å²) in [5.74, 6) is -0.189. The van der Waals surface area contributed by atoms with Gasteiger partial charge in [0.25, 0.3) is 5.56 Å². The number of rotatable bonds is 2. The topological polar surface area (TPSA) is 90.0 Å². The van der Waals surface area contributed by atoms with Crippen molar-refractivity contribution in [2.75, 3.05) is 5.75 Å². The highest BCUT2D eigenvalue weighted by atomic mass is 32.2. The molecule has 3 rings (SSSR count). The lowest BCUT2D eigenvalue weighted by Crippen LogP contribution is -2.20. The van der Waals surface area contributed by atoms with Crippen LogP contribution in [0.2, 0.25) is 0 Å². The van der Waals surface area contributed by atoms with Crippen molar-refractivity contribution in [2.45, 2.75) is 18.2 Å². The molecule has 0 bridgehead atoms. The number of carboxylic acids is 1. The first-order valence-corrected chi connectivity index (χ1v) is 5.96. The molecule has 0 radical (unpaired) electrons. The smallest absolute Gasteiger partial charge is 0.325 e. The van der Waals surface area contributed by atoms with Gasteiger partial charge < -0.3 is 5.11 Å². The molecule has 7 nitrogen and oxygen atoms in total. The number of hydrogen-bond donors (Lipinski definition) is 1. The summed E-state index contributed by atoms with van der Waals surface area (Å²) in [6.45, 7) is 0.357. The molecule has 0 saturated carbocycles. The highest BCUT2D eigenvalue weighted by Crippen LogP contribution is 2.23. The van der Waals surface area contributed by atoms with Crippen LogP contribution in [0, 0.1) is 0 Å². The Morgan fingerprint density at radius 2 is 2.41 bits per heavy atom. The zero-order valence-corrected chi connectivity index (χ0v) is 9.48. The monoisotopic (exact) mass is 252 g/mol. The molecule has 0 aromatic carbocycles. The van der Waals surface area contributed by atoms with Gasteiger partial charge in [-0.1, -0.05) is 11.8 Å². The average molecular weight is 252 g/mol. The largest absolute Gasteiger partial charge is 0.480 e. The third-order valence-corrected chi connectivity index (χ3v) is 3.51. The summed E-state index contributed by atoms with van der Waals surface area (Å²) in [5, 5.41) is 13.6. The van der Waals surface area contributed by atoms with E-state index in [4.69, 9.17) is 5.11 Å². The van der Waals surface area contributed by atoms with Crippen molar-refractivity contribution in [3.63, 3.8) is 0 Å². The van der Waals surface area contributed by atoms with Crippen LogP contribution >= 0.6 is 11.8 Å². The number of aromatic nitrogens is 4. The Morgan fingerprint density at radius 1 is 1.59 bits per heavy atom. The summed E-state index contributed by atoms with van der Waals surface area (Å²) in [5.41, 5.74) is 0.199. The van der Waals surface area contributed by atoms with Crippen LogP contribution in [0.15, 0.2) is 16.1 Å². The number of thioether (sulfide) groups is 1. The predicted octanol–water partition coefficient (Wildman–Crippen LogP) is -0.217. The quantitative estimate of drug-likeness (QED) is 0.743. The molecule has 17 heavy (non-hydrogen) atoms. The maximum Gasteiger partial charge on any atom is 0.325 e. The van der Waals surface area contributed by atoms with Gasteiger partial charge in [-0.25, -0.2) is 9.67 Å². The van der Waals surface area contributed by atoms with Gasteiger partial charge in [0.05, 0.1) is 6.20 Å². The summed E-state index contributed by atoms with van der Waals surface area (Å²) in [7, 11) is 0. The molecule has 2 aromatic rings. The normalized spacial score (nSPS) is 14.1. The molecule has 0 unspecified atom stereocenters. The van der Waals surface area contributed by atoms with E-state index < -0.39 is 5.97 Å². The molecular formula is C9H8N4O3S. The summed E-state index contributed by atoms with van der Waals surface area (Å²) in [6, 6.07) is 0. The van der Waals surface area contributed by atoms with Gasteiger partial charge in [-0.3, -0.25) is 14.2 Å². The van der Waals surface area contributed by atoms with Crippen LogP contribution < -0.4 is 5.56 Å². The Kier molecular flexibility index (Phi) is 2.18. The van der Waals surface area contributed by atoms with Gasteiger partial charge in [-0.05, 0) is 0 Å². The van der Waals surface area contributed by atoms with Gasteiger partial charge in [0.1, 0.15) is 11.9 Å². The molecule has 0 amide bonds. The first kappa shape index (κ1) is 10.3. The van der Waals surface area contributed by atoms with Crippen LogP contribution in [0.5, 0.6) is 0 Å². The van der Waals surface area contributed by atoms with Crippen LogP contribution in [0.1, 0.15) is 0 Å². The average Bonchev–Trinajstić information content (AvgIpc) is 2.86. The van der Waals surface area contributed by atoms with Gasteiger partial charge in [0.2, 0.25) is 0 Å². The zero-order valence-electron chi connectivity index (χ0n) is 8.66. The lowest BCUT2D eigenvalue weighted by molar-refractivity contribution is -0.137. The molecule has 1 aliphatic heterocycles. The standard InChI is InChI=1S/C9H8N4O3S/c14-6(15)4-13-7-5(3-10-13)8(16)12-1-2-17-9(12)11-7/h3H,1-2,4H2,(H,14,15). The molecule has 0 atom stereocenters. The second kappa shape index (κ2) is 3.59. The van der Waals surface area contributed by atoms with Crippen LogP contribution in [-0.4, -0.2) is 36.2 Å². The fourth-order valence-corrected chi connectivity index (χ4v) is 2.75. The maximum atomic E-state index is 12.0. The zero-order chi connectivity index (χ0) is 12.0. The molecule has 1 aliphatic rings. The number of fused-ring (bicyclic) bond motifs is 2. The summed E-state index contributed by atoms with van der Waals surface area (Å²) in [4.78, 5) is 27.0. The molecule has 0 aliphatic carbocycles. The van der Waals surface area contributed by atoms with Gasteiger partial charge in [0, 0.05) is 12.3 Å². The lowest BCUT2D eigenvalue weighted by Gasteiger charge is -2.02. The van der Waals surface area contributed by atoms with Crippen molar-refractivity contribution in [3.8, 4) is 0 Å². The van der Waals surface area contributed by atoms with Crippen molar-refractivity contribution in [1.82, 2.24) is 19.3 Å². The third-order valence-electron chi connectivity index (χ3n) is 2.55. The van der Waals surface area contributed by atoms with Crippen molar-refractivity contribution in [3.05, 3.63) is 16.6 Å². The molecule has 1 N–H and O–H groups in total. The van der Waals surface area contributed by atoms with Crippen LogP contribution in [0.3, 0.4) is 0 Å². The fraction of sp³-hybridized carbons (Fsp3) is 0.333. The molecule has 3 heterocycles. The molecule has 8 heteroatoms. The van der Waals surface area contributed by atoms with E-state index in [1.807, 2.05) is 0 Å². The minimum Gasteiger partial charge on any atom is -0.480 e. The van der Waals surface area contributed by atoms with Crippen LogP contribution in [-0.2, 0) is 17.9 Å². The van der Waals surface area contributed by atoms with E-state index in [1.165, 1.54) is 22.6 Å². The fourth-order valence-electron chi connectivity index (χ4n) is 1.81. The minimum absolute atomic E-state index is 0.147. The summed E-state index contributed by atoms with van der Waals surface area (Å²) < 4.78 is 2.83. The molecule has 0 fully saturated rings. The predicted molar refractivity (Wildman–Crippen MR) is 60.1 cm³/mol. The summed E-state index contributed by atoms with van der Waals surface area (Å²) in [6.07, 6.45) is 1.38. The van der Waals surface area contributed by atoms with Crippen LogP contribution in [0.25, 0.3) is 11.0 Å². The first-order chi connectivity index (χ1) is 8.16. The number of nitrogens with zero attached hydrogens (tertiary/aromatic N) is 4. The van der Waals surface area contributed by atoms with E-state index >= 15 is 0 Å². The summed E-state index contributed by atoms with van der Waals surface area (Å²) >= 11 is 1.49. The van der Waals surface area contributed by atoms with Crippen molar-refractivity contribution < 1.29 is 9.90 Å². The van der Waals surface area contributed by atoms with E-state index in [-0.39, 0.29) is 12.1 Å². The Morgan fingerprint density at radius 3 is 3.18 bits per heavy atom. The minimum atomic E-state index is -1.01. The highest BCUT2D eigenvalue weighted by molar-refractivity contribution is 7.99. The number of hydrogen-bond acceptors (Lipinski definition) is 5. The van der Waals surface area contributed by atoms with Gasteiger partial charge in [0.15, 0.2) is 10.8 Å². The second-order valence-electron chi connectivity index (χ2n) is 3.63. The van der Waals surface area contributed by atoms with Crippen molar-refractivity contribution in [2.24, 2.45) is 0 Å².